The van der Waals surface area contributed by atoms with Crippen LogP contribution in [-0.4, -0.2) is 0 Å². The second-order valence-electron chi connectivity index (χ2n) is 12.8. The van der Waals surface area contributed by atoms with Gasteiger partial charge in [-0.3, -0.25) is 0 Å². The van der Waals surface area contributed by atoms with E-state index in [-0.39, 0.29) is 0 Å². The standard InChI is InChI=1S/C48H30O/c1-3-14-31(15-4-1)34-18-7-8-19-36(34)47-40-22-11-9-20-38(40)46(39-21-10-12-23-41(39)47)33-26-28-44-43(30-33)42-25-13-24-37-35(32-16-5-2-6-17-32)27-29-45(49-44)48(37)42/h1-30H. The van der Waals surface area contributed by atoms with Crippen LogP contribution in [0.5, 0.6) is 11.5 Å². The summed E-state index contributed by atoms with van der Waals surface area (Å²) in [6.07, 6.45) is 0. The molecule has 1 heterocycles. The van der Waals surface area contributed by atoms with Crippen molar-refractivity contribution in [1.82, 2.24) is 0 Å². The van der Waals surface area contributed by atoms with E-state index < -0.39 is 0 Å². The van der Waals surface area contributed by atoms with Crippen molar-refractivity contribution in [2.24, 2.45) is 0 Å². The molecule has 1 nitrogen and oxygen atoms in total. The van der Waals surface area contributed by atoms with Gasteiger partial charge in [0.2, 0.25) is 0 Å². The molecule has 0 saturated heterocycles. The third kappa shape index (κ3) is 4.33. The van der Waals surface area contributed by atoms with Crippen molar-refractivity contribution in [3.8, 4) is 67.1 Å². The van der Waals surface area contributed by atoms with E-state index in [2.05, 4.69) is 182 Å². The maximum Gasteiger partial charge on any atom is 0.135 e. The minimum Gasteiger partial charge on any atom is -0.456 e. The SMILES string of the molecule is c1ccc(-c2ccccc2-c2c3ccccc3c(-c3ccc4c(c3)-c3cccc5c(-c6ccccc6)ccc(c35)O4)c3ccccc23)cc1. The Morgan fingerprint density at radius 1 is 0.265 bits per heavy atom. The van der Waals surface area contributed by atoms with Crippen LogP contribution in [0.4, 0.5) is 0 Å². The fraction of sp³-hybridized carbons (Fsp3) is 0. The predicted octanol–water partition coefficient (Wildman–Crippen LogP) is 13.6. The molecule has 0 unspecified atom stereocenters. The number of rotatable bonds is 4. The van der Waals surface area contributed by atoms with Crippen molar-refractivity contribution < 1.29 is 4.74 Å². The first-order valence-corrected chi connectivity index (χ1v) is 16.9. The number of ether oxygens (including phenoxy) is 1. The van der Waals surface area contributed by atoms with Gasteiger partial charge in [-0.15, -0.1) is 0 Å². The highest BCUT2D eigenvalue weighted by Gasteiger charge is 2.24. The second kappa shape index (κ2) is 11.1. The summed E-state index contributed by atoms with van der Waals surface area (Å²) < 4.78 is 6.64. The van der Waals surface area contributed by atoms with Crippen LogP contribution in [0.2, 0.25) is 0 Å². The molecule has 49 heavy (non-hydrogen) atoms. The molecule has 9 aromatic rings. The Morgan fingerprint density at radius 2 is 0.776 bits per heavy atom. The van der Waals surface area contributed by atoms with Crippen molar-refractivity contribution in [2.45, 2.75) is 0 Å². The topological polar surface area (TPSA) is 9.23 Å². The lowest BCUT2D eigenvalue weighted by Gasteiger charge is -2.24. The zero-order valence-corrected chi connectivity index (χ0v) is 26.7. The van der Waals surface area contributed by atoms with Crippen molar-refractivity contribution >= 4 is 32.3 Å². The normalized spacial score (nSPS) is 11.8. The second-order valence-corrected chi connectivity index (χ2v) is 12.8. The van der Waals surface area contributed by atoms with Crippen molar-refractivity contribution in [1.29, 1.82) is 0 Å². The Labute approximate surface area is 285 Å². The van der Waals surface area contributed by atoms with E-state index in [1.807, 2.05) is 0 Å². The smallest absolute Gasteiger partial charge is 0.135 e. The fourth-order valence-electron chi connectivity index (χ4n) is 7.96. The maximum absolute atomic E-state index is 6.64. The van der Waals surface area contributed by atoms with Crippen molar-refractivity contribution in [3.63, 3.8) is 0 Å². The van der Waals surface area contributed by atoms with E-state index in [4.69, 9.17) is 4.74 Å². The zero-order valence-electron chi connectivity index (χ0n) is 26.7. The van der Waals surface area contributed by atoms with Crippen LogP contribution in [0.3, 0.4) is 0 Å². The minimum atomic E-state index is 0.887. The average molecular weight is 623 g/mol. The molecule has 9 aromatic carbocycles. The largest absolute Gasteiger partial charge is 0.456 e. The number of benzene rings is 9. The van der Waals surface area contributed by atoms with Gasteiger partial charge >= 0.3 is 0 Å². The van der Waals surface area contributed by atoms with Crippen LogP contribution in [0, 0.1) is 0 Å². The van der Waals surface area contributed by atoms with E-state index in [1.54, 1.807) is 0 Å². The molecule has 228 valence electrons. The molecular weight excluding hydrogens is 593 g/mol. The van der Waals surface area contributed by atoms with E-state index in [1.165, 1.54) is 77.0 Å². The van der Waals surface area contributed by atoms with Crippen molar-refractivity contribution in [2.75, 3.05) is 0 Å². The first kappa shape index (κ1) is 27.7. The molecule has 0 fully saturated rings. The van der Waals surface area contributed by atoms with Crippen LogP contribution < -0.4 is 4.74 Å². The third-order valence-corrected chi connectivity index (χ3v) is 10.1. The molecule has 0 amide bonds. The Balaban J connectivity index is 1.23. The lowest BCUT2D eigenvalue weighted by molar-refractivity contribution is 0.487. The summed E-state index contributed by atoms with van der Waals surface area (Å²) in [6.45, 7) is 0. The average Bonchev–Trinajstić information content (AvgIpc) is 3.18. The number of fused-ring (bicyclic) bond motifs is 4. The zero-order chi connectivity index (χ0) is 32.3. The molecule has 0 spiro atoms. The molecule has 1 heteroatoms. The summed E-state index contributed by atoms with van der Waals surface area (Å²) >= 11 is 0. The van der Waals surface area contributed by atoms with E-state index in [0.29, 0.717) is 0 Å². The molecular formula is C48H30O. The molecule has 0 N–H and O–H groups in total. The first-order chi connectivity index (χ1) is 24.3. The molecule has 0 atom stereocenters. The van der Waals surface area contributed by atoms with Gasteiger partial charge in [0.15, 0.2) is 0 Å². The monoisotopic (exact) mass is 622 g/mol. The van der Waals surface area contributed by atoms with E-state index >= 15 is 0 Å². The van der Waals surface area contributed by atoms with Gasteiger partial charge in [0.25, 0.3) is 0 Å². The highest BCUT2D eigenvalue weighted by atomic mass is 16.5. The summed E-state index contributed by atoms with van der Waals surface area (Å²) in [6, 6.07) is 65.6. The predicted molar refractivity (Wildman–Crippen MR) is 206 cm³/mol. The Bertz CT molecular complexity index is 2670. The van der Waals surface area contributed by atoms with E-state index in [0.717, 1.165) is 22.4 Å². The molecule has 1 aliphatic rings. The Hall–Kier alpha value is -6.44. The highest BCUT2D eigenvalue weighted by Crippen LogP contribution is 2.51. The molecule has 0 radical (unpaired) electrons. The quantitative estimate of drug-likeness (QED) is 0.177. The van der Waals surface area contributed by atoms with Crippen LogP contribution in [0.15, 0.2) is 182 Å². The van der Waals surface area contributed by atoms with Crippen LogP contribution in [0.1, 0.15) is 0 Å². The summed E-state index contributed by atoms with van der Waals surface area (Å²) in [5.41, 5.74) is 12.1. The Kier molecular flexibility index (Phi) is 6.25. The van der Waals surface area contributed by atoms with Crippen LogP contribution in [-0.2, 0) is 0 Å². The van der Waals surface area contributed by atoms with Gasteiger partial charge < -0.3 is 4.74 Å². The van der Waals surface area contributed by atoms with Gasteiger partial charge in [0, 0.05) is 10.9 Å². The molecule has 1 aliphatic heterocycles. The first-order valence-electron chi connectivity index (χ1n) is 16.9. The van der Waals surface area contributed by atoms with Crippen LogP contribution >= 0.6 is 0 Å². The van der Waals surface area contributed by atoms with Gasteiger partial charge in [-0.05, 0) is 95.2 Å². The highest BCUT2D eigenvalue weighted by molar-refractivity contribution is 6.22. The summed E-state index contributed by atoms with van der Waals surface area (Å²) in [5.74, 6) is 1.79. The lowest BCUT2D eigenvalue weighted by atomic mass is 9.83. The Morgan fingerprint density at radius 3 is 1.45 bits per heavy atom. The third-order valence-electron chi connectivity index (χ3n) is 10.1. The van der Waals surface area contributed by atoms with E-state index in [9.17, 15) is 0 Å². The molecule has 0 aromatic heterocycles. The number of hydrogen-bond acceptors (Lipinski definition) is 1. The van der Waals surface area contributed by atoms with Crippen LogP contribution in [0.25, 0.3) is 88.0 Å². The number of hydrogen-bond donors (Lipinski definition) is 0. The van der Waals surface area contributed by atoms with Gasteiger partial charge in [-0.25, -0.2) is 0 Å². The van der Waals surface area contributed by atoms with Gasteiger partial charge in [0.1, 0.15) is 11.5 Å². The lowest BCUT2D eigenvalue weighted by Crippen LogP contribution is -1.99. The summed E-state index contributed by atoms with van der Waals surface area (Å²) in [7, 11) is 0. The molecule has 0 saturated carbocycles. The minimum absolute atomic E-state index is 0.887. The molecule has 10 rings (SSSR count). The van der Waals surface area contributed by atoms with Gasteiger partial charge in [0.05, 0.1) is 0 Å². The van der Waals surface area contributed by atoms with Crippen molar-refractivity contribution in [3.05, 3.63) is 182 Å². The summed E-state index contributed by atoms with van der Waals surface area (Å²) in [5, 5.41) is 7.33. The van der Waals surface area contributed by atoms with Gasteiger partial charge in [-0.2, -0.15) is 0 Å². The van der Waals surface area contributed by atoms with Gasteiger partial charge in [-0.1, -0.05) is 164 Å². The summed E-state index contributed by atoms with van der Waals surface area (Å²) in [4.78, 5) is 0. The molecule has 0 bridgehead atoms. The fourth-order valence-corrected chi connectivity index (χ4v) is 7.96. The molecule has 0 aliphatic carbocycles. The maximum atomic E-state index is 6.64.